The number of benzene rings is 1. The Morgan fingerprint density at radius 2 is 2.00 bits per heavy atom. The minimum Gasteiger partial charge on any atom is -0.508 e. The number of likely N-dealkylation sites (tertiary alicyclic amines) is 1. The first-order valence-corrected chi connectivity index (χ1v) is 7.11. The molecule has 1 aliphatic carbocycles. The van der Waals surface area contributed by atoms with Crippen LogP contribution in [0.1, 0.15) is 37.8 Å². The van der Waals surface area contributed by atoms with E-state index in [2.05, 4.69) is 18.9 Å². The topological polar surface area (TPSA) is 43.7 Å². The summed E-state index contributed by atoms with van der Waals surface area (Å²) < 4.78 is 0. The molecule has 0 aromatic heterocycles. The number of phenolic OH excluding ortho intramolecular Hbond substituents is 1. The SMILES string of the molecule is CN1CCCC2(C)c3cc(O)ccc3CC1C2(C)O.Cl. The lowest BCUT2D eigenvalue weighted by molar-refractivity contribution is -0.0789. The van der Waals surface area contributed by atoms with Crippen molar-refractivity contribution in [1.82, 2.24) is 4.90 Å². The minimum atomic E-state index is -0.765. The molecule has 1 heterocycles. The predicted molar refractivity (Wildman–Crippen MR) is 82.7 cm³/mol. The van der Waals surface area contributed by atoms with Crippen LogP contribution in [0.15, 0.2) is 18.2 Å². The van der Waals surface area contributed by atoms with Crippen LogP contribution in [0.25, 0.3) is 0 Å². The van der Waals surface area contributed by atoms with E-state index in [4.69, 9.17) is 0 Å². The first-order valence-electron chi connectivity index (χ1n) is 7.11. The van der Waals surface area contributed by atoms with Crippen molar-refractivity contribution >= 4 is 12.4 Å². The van der Waals surface area contributed by atoms with Gasteiger partial charge in [0.1, 0.15) is 5.75 Å². The molecule has 2 bridgehead atoms. The van der Waals surface area contributed by atoms with Gasteiger partial charge < -0.3 is 15.1 Å². The van der Waals surface area contributed by atoms with Crippen molar-refractivity contribution in [2.45, 2.75) is 50.2 Å². The van der Waals surface area contributed by atoms with Crippen LogP contribution in [0.5, 0.6) is 5.75 Å². The molecule has 4 heteroatoms. The van der Waals surface area contributed by atoms with Gasteiger partial charge in [0.25, 0.3) is 0 Å². The van der Waals surface area contributed by atoms with Crippen molar-refractivity contribution in [2.24, 2.45) is 0 Å². The quantitative estimate of drug-likeness (QED) is 0.773. The number of likely N-dealkylation sites (N-methyl/N-ethyl adjacent to an activating group) is 1. The lowest BCUT2D eigenvalue weighted by Gasteiger charge is -2.52. The molecule has 0 saturated carbocycles. The van der Waals surface area contributed by atoms with Gasteiger partial charge in [-0.05, 0) is 63.0 Å². The second kappa shape index (κ2) is 4.90. The molecule has 3 unspecified atom stereocenters. The van der Waals surface area contributed by atoms with E-state index in [-0.39, 0.29) is 23.9 Å². The molecule has 3 rings (SSSR count). The highest BCUT2D eigenvalue weighted by Gasteiger charge is 2.55. The lowest BCUT2D eigenvalue weighted by Crippen LogP contribution is -2.62. The fourth-order valence-corrected chi connectivity index (χ4v) is 4.11. The first-order chi connectivity index (χ1) is 8.86. The molecule has 3 atom stereocenters. The normalized spacial score (nSPS) is 36.7. The number of nitrogens with zero attached hydrogens (tertiary/aromatic N) is 1. The number of hydrogen-bond acceptors (Lipinski definition) is 3. The van der Waals surface area contributed by atoms with Crippen LogP contribution in [0, 0.1) is 0 Å². The number of aromatic hydroxyl groups is 1. The molecule has 1 aliphatic heterocycles. The zero-order chi connectivity index (χ0) is 13.8. The smallest absolute Gasteiger partial charge is 0.115 e. The molecule has 20 heavy (non-hydrogen) atoms. The van der Waals surface area contributed by atoms with Gasteiger partial charge in [0.05, 0.1) is 5.60 Å². The molecule has 1 aromatic rings. The third-order valence-corrected chi connectivity index (χ3v) is 5.59. The van der Waals surface area contributed by atoms with Gasteiger partial charge in [0.2, 0.25) is 0 Å². The summed E-state index contributed by atoms with van der Waals surface area (Å²) in [5.74, 6) is 0.298. The van der Waals surface area contributed by atoms with Gasteiger partial charge >= 0.3 is 0 Å². The standard InChI is InChI=1S/C16H23NO2.ClH/c1-15-7-4-8-17(3)14(16(15,2)19)9-11-5-6-12(18)10-13(11)15;/h5-6,10,14,18-19H,4,7-9H2,1-3H3;1H. The van der Waals surface area contributed by atoms with Crippen LogP contribution < -0.4 is 0 Å². The van der Waals surface area contributed by atoms with Gasteiger partial charge in [-0.3, -0.25) is 0 Å². The monoisotopic (exact) mass is 297 g/mol. The van der Waals surface area contributed by atoms with E-state index in [1.54, 1.807) is 6.07 Å². The summed E-state index contributed by atoms with van der Waals surface area (Å²) in [7, 11) is 2.11. The van der Waals surface area contributed by atoms with E-state index in [1.807, 2.05) is 19.1 Å². The molecule has 0 amide bonds. The Morgan fingerprint density at radius 1 is 1.30 bits per heavy atom. The van der Waals surface area contributed by atoms with E-state index < -0.39 is 5.60 Å². The van der Waals surface area contributed by atoms with Gasteiger partial charge in [-0.25, -0.2) is 0 Å². The van der Waals surface area contributed by atoms with Crippen molar-refractivity contribution in [3.05, 3.63) is 29.3 Å². The molecular formula is C16H24ClNO2. The second-order valence-corrected chi connectivity index (χ2v) is 6.63. The molecule has 2 aliphatic rings. The molecule has 0 spiro atoms. The van der Waals surface area contributed by atoms with Crippen molar-refractivity contribution < 1.29 is 10.2 Å². The van der Waals surface area contributed by atoms with Crippen LogP contribution in [0.4, 0.5) is 0 Å². The predicted octanol–water partition coefficient (Wildman–Crippen LogP) is 2.47. The number of phenols is 1. The highest BCUT2D eigenvalue weighted by atomic mass is 35.5. The average molecular weight is 298 g/mol. The lowest BCUT2D eigenvalue weighted by atomic mass is 9.59. The highest BCUT2D eigenvalue weighted by Crippen LogP contribution is 2.50. The van der Waals surface area contributed by atoms with Gasteiger partial charge in [-0.1, -0.05) is 13.0 Å². The highest BCUT2D eigenvalue weighted by molar-refractivity contribution is 5.85. The van der Waals surface area contributed by atoms with E-state index in [9.17, 15) is 10.2 Å². The number of fused-ring (bicyclic) bond motifs is 4. The Bertz CT molecular complexity index is 517. The van der Waals surface area contributed by atoms with Gasteiger partial charge in [0.15, 0.2) is 0 Å². The summed E-state index contributed by atoms with van der Waals surface area (Å²) in [4.78, 5) is 2.29. The molecule has 1 saturated heterocycles. The molecule has 3 nitrogen and oxygen atoms in total. The van der Waals surface area contributed by atoms with Crippen molar-refractivity contribution in [1.29, 1.82) is 0 Å². The zero-order valence-corrected chi connectivity index (χ0v) is 13.2. The number of hydrogen-bond donors (Lipinski definition) is 2. The minimum absolute atomic E-state index is 0. The Balaban J connectivity index is 0.00000147. The number of aliphatic hydroxyl groups is 1. The Hall–Kier alpha value is -0.770. The fraction of sp³-hybridized carbons (Fsp3) is 0.625. The van der Waals surface area contributed by atoms with Crippen molar-refractivity contribution in [3.63, 3.8) is 0 Å². The van der Waals surface area contributed by atoms with Crippen LogP contribution >= 0.6 is 12.4 Å². The summed E-state index contributed by atoms with van der Waals surface area (Å²) in [5.41, 5.74) is 1.35. The maximum atomic E-state index is 11.2. The fourth-order valence-electron chi connectivity index (χ4n) is 4.11. The maximum Gasteiger partial charge on any atom is 0.115 e. The summed E-state index contributed by atoms with van der Waals surface area (Å²) in [6.07, 6.45) is 2.89. The van der Waals surface area contributed by atoms with Crippen LogP contribution in [-0.2, 0) is 11.8 Å². The van der Waals surface area contributed by atoms with Crippen molar-refractivity contribution in [2.75, 3.05) is 13.6 Å². The summed E-state index contributed by atoms with van der Waals surface area (Å²) in [6.45, 7) is 5.14. The van der Waals surface area contributed by atoms with E-state index in [1.165, 1.54) is 5.56 Å². The average Bonchev–Trinajstić information content (AvgIpc) is 2.39. The third-order valence-electron chi connectivity index (χ3n) is 5.59. The Kier molecular flexibility index (Phi) is 3.83. The molecule has 1 fully saturated rings. The summed E-state index contributed by atoms with van der Waals surface area (Å²) in [6, 6.07) is 5.78. The summed E-state index contributed by atoms with van der Waals surface area (Å²) in [5, 5.41) is 21.0. The van der Waals surface area contributed by atoms with Gasteiger partial charge in [-0.15, -0.1) is 12.4 Å². The Labute approximate surface area is 127 Å². The maximum absolute atomic E-state index is 11.2. The number of rotatable bonds is 0. The van der Waals surface area contributed by atoms with Gasteiger partial charge in [-0.2, -0.15) is 0 Å². The van der Waals surface area contributed by atoms with Crippen LogP contribution in [0.3, 0.4) is 0 Å². The second-order valence-electron chi connectivity index (χ2n) is 6.63. The summed E-state index contributed by atoms with van der Waals surface area (Å²) >= 11 is 0. The van der Waals surface area contributed by atoms with E-state index >= 15 is 0 Å². The van der Waals surface area contributed by atoms with E-state index in [0.717, 1.165) is 31.4 Å². The molecule has 1 aromatic carbocycles. The largest absolute Gasteiger partial charge is 0.508 e. The first kappa shape index (κ1) is 15.6. The molecule has 0 radical (unpaired) electrons. The van der Waals surface area contributed by atoms with E-state index in [0.29, 0.717) is 5.75 Å². The molecule has 2 N–H and O–H groups in total. The zero-order valence-electron chi connectivity index (χ0n) is 12.4. The molecule has 112 valence electrons. The van der Waals surface area contributed by atoms with Gasteiger partial charge in [0, 0.05) is 11.5 Å². The van der Waals surface area contributed by atoms with Crippen molar-refractivity contribution in [3.8, 4) is 5.75 Å². The van der Waals surface area contributed by atoms with Crippen LogP contribution in [0.2, 0.25) is 0 Å². The number of halogens is 1. The third kappa shape index (κ3) is 1.95. The Morgan fingerprint density at radius 3 is 2.70 bits per heavy atom. The molecular weight excluding hydrogens is 274 g/mol. The van der Waals surface area contributed by atoms with Crippen LogP contribution in [-0.4, -0.2) is 40.3 Å².